The summed E-state index contributed by atoms with van der Waals surface area (Å²) in [6.45, 7) is 2.27. The molecular weight excluding hydrogens is 230 g/mol. The number of hydrogen-bond donors (Lipinski definition) is 2. The van der Waals surface area contributed by atoms with Gasteiger partial charge < -0.3 is 11.1 Å². The normalized spacial score (nSPS) is 10.4. The van der Waals surface area contributed by atoms with Gasteiger partial charge in [-0.15, -0.1) is 0 Å². The molecule has 0 saturated heterocycles. The molecule has 2 heterocycles. The number of aromatic nitrogens is 3. The number of rotatable bonds is 3. The molecule has 0 aliphatic heterocycles. The van der Waals surface area contributed by atoms with Gasteiger partial charge in [-0.1, -0.05) is 6.07 Å². The highest BCUT2D eigenvalue weighted by atomic mass is 16.2. The molecule has 0 unspecified atom stereocenters. The van der Waals surface area contributed by atoms with E-state index >= 15 is 0 Å². The molecule has 0 aromatic carbocycles. The lowest BCUT2D eigenvalue weighted by Gasteiger charge is -2.04. The fourth-order valence-corrected chi connectivity index (χ4v) is 1.62. The van der Waals surface area contributed by atoms with Crippen molar-refractivity contribution in [3.8, 4) is 0 Å². The van der Waals surface area contributed by atoms with Gasteiger partial charge in [0, 0.05) is 19.8 Å². The molecule has 0 aliphatic rings. The molecule has 6 heteroatoms. The van der Waals surface area contributed by atoms with E-state index in [1.807, 2.05) is 13.0 Å². The fraction of sp³-hybridized carbons (Fsp3) is 0.250. The van der Waals surface area contributed by atoms with Gasteiger partial charge in [0.15, 0.2) is 0 Å². The van der Waals surface area contributed by atoms with Gasteiger partial charge >= 0.3 is 0 Å². The molecular formula is C12H15N5O. The van der Waals surface area contributed by atoms with Crippen LogP contribution in [0.15, 0.2) is 24.4 Å². The van der Waals surface area contributed by atoms with Crippen molar-refractivity contribution in [1.82, 2.24) is 14.8 Å². The van der Waals surface area contributed by atoms with Crippen LogP contribution in [0.25, 0.3) is 0 Å². The van der Waals surface area contributed by atoms with E-state index in [2.05, 4.69) is 15.4 Å². The van der Waals surface area contributed by atoms with Crippen molar-refractivity contribution >= 4 is 11.7 Å². The van der Waals surface area contributed by atoms with Crippen LogP contribution in [0.1, 0.15) is 21.7 Å². The zero-order valence-electron chi connectivity index (χ0n) is 10.3. The first-order chi connectivity index (χ1) is 8.60. The van der Waals surface area contributed by atoms with Crippen molar-refractivity contribution in [2.24, 2.45) is 12.8 Å². The predicted molar refractivity (Wildman–Crippen MR) is 68.0 cm³/mol. The quantitative estimate of drug-likeness (QED) is 0.838. The number of pyridine rings is 1. The van der Waals surface area contributed by atoms with Gasteiger partial charge in [0.05, 0.1) is 5.69 Å². The minimum absolute atomic E-state index is 0.230. The first kappa shape index (κ1) is 12.3. The number of carbonyl (C=O) groups excluding carboxylic acids is 1. The van der Waals surface area contributed by atoms with Gasteiger partial charge in [0.25, 0.3) is 5.91 Å². The lowest BCUT2D eigenvalue weighted by atomic mass is 10.3. The Bertz CT molecular complexity index is 558. The fourth-order valence-electron chi connectivity index (χ4n) is 1.62. The lowest BCUT2D eigenvalue weighted by molar-refractivity contribution is 0.101. The molecule has 2 rings (SSSR count). The van der Waals surface area contributed by atoms with Crippen LogP contribution >= 0.6 is 0 Å². The van der Waals surface area contributed by atoms with E-state index in [1.54, 1.807) is 30.1 Å². The van der Waals surface area contributed by atoms with E-state index in [4.69, 9.17) is 5.73 Å². The number of nitrogens with two attached hydrogens (primary N) is 1. The summed E-state index contributed by atoms with van der Waals surface area (Å²) in [5.74, 6) is 0.266. The van der Waals surface area contributed by atoms with Gasteiger partial charge in [0.1, 0.15) is 11.5 Å². The predicted octanol–water partition coefficient (Wildman–Crippen LogP) is 0.835. The van der Waals surface area contributed by atoms with Gasteiger partial charge in [-0.3, -0.25) is 9.48 Å². The Morgan fingerprint density at radius 3 is 2.78 bits per heavy atom. The third-order valence-corrected chi connectivity index (χ3v) is 2.54. The van der Waals surface area contributed by atoms with Gasteiger partial charge in [-0.25, -0.2) is 4.98 Å². The average molecular weight is 245 g/mol. The number of anilines is 1. The molecule has 0 saturated carbocycles. The molecule has 2 aromatic rings. The molecule has 6 nitrogen and oxygen atoms in total. The molecule has 0 spiro atoms. The van der Waals surface area contributed by atoms with Gasteiger partial charge in [-0.2, -0.15) is 5.10 Å². The van der Waals surface area contributed by atoms with E-state index in [1.165, 1.54) is 0 Å². The molecule has 0 bridgehead atoms. The van der Waals surface area contributed by atoms with Gasteiger partial charge in [0.2, 0.25) is 0 Å². The number of aryl methyl sites for hydroxylation is 2. The molecule has 0 aliphatic carbocycles. The highest BCUT2D eigenvalue weighted by Gasteiger charge is 2.12. The summed E-state index contributed by atoms with van der Waals surface area (Å²) >= 11 is 0. The van der Waals surface area contributed by atoms with Crippen molar-refractivity contribution in [2.45, 2.75) is 13.5 Å². The van der Waals surface area contributed by atoms with Crippen molar-refractivity contribution in [2.75, 3.05) is 5.32 Å². The molecule has 0 fully saturated rings. The molecule has 0 atom stereocenters. The first-order valence-corrected chi connectivity index (χ1v) is 5.57. The maximum atomic E-state index is 12.0. The van der Waals surface area contributed by atoms with Crippen LogP contribution in [0.4, 0.5) is 5.82 Å². The summed E-state index contributed by atoms with van der Waals surface area (Å²) in [5, 5.41) is 6.83. The smallest absolute Gasteiger partial charge is 0.275 e. The minimum atomic E-state index is -0.230. The third-order valence-electron chi connectivity index (χ3n) is 2.54. The Hall–Kier alpha value is -2.21. The summed E-state index contributed by atoms with van der Waals surface area (Å²) in [7, 11) is 1.73. The number of nitrogens with one attached hydrogen (secondary N) is 1. The Morgan fingerprint density at radius 2 is 2.28 bits per heavy atom. The topological polar surface area (TPSA) is 85.8 Å². The summed E-state index contributed by atoms with van der Waals surface area (Å²) in [6, 6.07) is 5.28. The summed E-state index contributed by atoms with van der Waals surface area (Å²) in [4.78, 5) is 16.1. The number of amides is 1. The monoisotopic (exact) mass is 245 g/mol. The van der Waals surface area contributed by atoms with Crippen molar-refractivity contribution in [1.29, 1.82) is 0 Å². The molecule has 1 amide bonds. The van der Waals surface area contributed by atoms with E-state index < -0.39 is 0 Å². The third kappa shape index (κ3) is 2.54. The van der Waals surface area contributed by atoms with Crippen molar-refractivity contribution in [3.63, 3.8) is 0 Å². The van der Waals surface area contributed by atoms with Crippen molar-refractivity contribution in [3.05, 3.63) is 41.3 Å². The standard InChI is InChI=1S/C12H15N5O/c1-8-5-10(17(2)16-8)12(18)15-11-4-3-9(6-13)7-14-11/h3-5,7H,6,13H2,1-2H3,(H,14,15,18). The van der Waals surface area contributed by atoms with Crippen LogP contribution in [0.5, 0.6) is 0 Å². The zero-order valence-corrected chi connectivity index (χ0v) is 10.3. The van der Waals surface area contributed by atoms with Crippen LogP contribution in [0.3, 0.4) is 0 Å². The highest BCUT2D eigenvalue weighted by molar-refractivity contribution is 6.02. The summed E-state index contributed by atoms with van der Waals surface area (Å²) in [5.41, 5.74) is 7.69. The minimum Gasteiger partial charge on any atom is -0.326 e. The van der Waals surface area contributed by atoms with E-state index in [-0.39, 0.29) is 5.91 Å². The molecule has 94 valence electrons. The van der Waals surface area contributed by atoms with E-state index in [0.29, 0.717) is 18.1 Å². The number of hydrogen-bond acceptors (Lipinski definition) is 4. The van der Waals surface area contributed by atoms with Crippen LogP contribution in [0, 0.1) is 6.92 Å². The molecule has 2 aromatic heterocycles. The Morgan fingerprint density at radius 1 is 1.50 bits per heavy atom. The van der Waals surface area contributed by atoms with Crippen LogP contribution < -0.4 is 11.1 Å². The van der Waals surface area contributed by atoms with E-state index in [9.17, 15) is 4.79 Å². The van der Waals surface area contributed by atoms with Crippen LogP contribution in [-0.2, 0) is 13.6 Å². The maximum absolute atomic E-state index is 12.0. The SMILES string of the molecule is Cc1cc(C(=O)Nc2ccc(CN)cn2)n(C)n1. The van der Waals surface area contributed by atoms with Crippen LogP contribution in [-0.4, -0.2) is 20.7 Å². The highest BCUT2D eigenvalue weighted by Crippen LogP contribution is 2.08. The second-order valence-electron chi connectivity index (χ2n) is 4.00. The van der Waals surface area contributed by atoms with Crippen LogP contribution in [0.2, 0.25) is 0 Å². The Labute approximate surface area is 105 Å². The lowest BCUT2D eigenvalue weighted by Crippen LogP contribution is -2.16. The summed E-state index contributed by atoms with van der Waals surface area (Å²) < 4.78 is 1.54. The molecule has 3 N–H and O–H groups in total. The first-order valence-electron chi connectivity index (χ1n) is 5.57. The number of nitrogens with zero attached hydrogens (tertiary/aromatic N) is 3. The van der Waals surface area contributed by atoms with E-state index in [0.717, 1.165) is 11.3 Å². The second kappa shape index (κ2) is 4.97. The molecule has 18 heavy (non-hydrogen) atoms. The molecule has 0 radical (unpaired) electrons. The summed E-state index contributed by atoms with van der Waals surface area (Å²) in [6.07, 6.45) is 1.64. The largest absolute Gasteiger partial charge is 0.326 e. The maximum Gasteiger partial charge on any atom is 0.275 e. The number of carbonyl (C=O) groups is 1. The Balaban J connectivity index is 2.13. The average Bonchev–Trinajstić information content (AvgIpc) is 2.69. The Kier molecular flexibility index (Phi) is 3.38. The zero-order chi connectivity index (χ0) is 13.1. The van der Waals surface area contributed by atoms with Gasteiger partial charge in [-0.05, 0) is 24.6 Å². The van der Waals surface area contributed by atoms with Crippen molar-refractivity contribution < 1.29 is 4.79 Å². The second-order valence-corrected chi connectivity index (χ2v) is 4.00.